The molecular weight excluding hydrogens is 346 g/mol. The molecule has 0 saturated carbocycles. The van der Waals surface area contributed by atoms with Crippen LogP contribution >= 0.6 is 0 Å². The van der Waals surface area contributed by atoms with Crippen LogP contribution in [-0.2, 0) is 16.0 Å². The summed E-state index contributed by atoms with van der Waals surface area (Å²) < 4.78 is 5.12. The minimum absolute atomic E-state index is 0.107. The summed E-state index contributed by atoms with van der Waals surface area (Å²) in [6.45, 7) is 6.65. The number of hydrogen-bond acceptors (Lipinski definition) is 3. The maximum Gasteiger partial charge on any atom is 0.309 e. The highest BCUT2D eigenvalue weighted by Crippen LogP contribution is 2.26. The van der Waals surface area contributed by atoms with Crippen molar-refractivity contribution in [3.05, 3.63) is 48.0 Å². The van der Waals surface area contributed by atoms with Gasteiger partial charge in [-0.05, 0) is 53.9 Å². The molecule has 3 heteroatoms. The number of hydrogen-bond donors (Lipinski definition) is 1. The molecule has 3 nitrogen and oxygen atoms in total. The number of ether oxygens (including phenoxy) is 1. The number of rotatable bonds is 11. The number of carbonyl (C=O) groups excluding carboxylic acids is 1. The number of fused-ring (bicyclic) bond motifs is 1. The molecule has 2 aromatic rings. The van der Waals surface area contributed by atoms with Crippen molar-refractivity contribution in [3.8, 4) is 0 Å². The Morgan fingerprint density at radius 1 is 1.07 bits per heavy atom. The molecule has 0 saturated heterocycles. The summed E-state index contributed by atoms with van der Waals surface area (Å²) in [4.78, 5) is 12.5. The fourth-order valence-corrected chi connectivity index (χ4v) is 3.99. The van der Waals surface area contributed by atoms with Gasteiger partial charge in [-0.15, -0.1) is 0 Å². The SMILES string of the molecule is CCC(C)CC(N)CCCC(C)C(Cc1ccc2ccccc2c1)C(=O)OC. The van der Waals surface area contributed by atoms with Crippen LogP contribution < -0.4 is 5.73 Å². The molecule has 0 heterocycles. The van der Waals surface area contributed by atoms with E-state index in [2.05, 4.69) is 57.2 Å². The molecule has 0 aromatic heterocycles. The molecule has 154 valence electrons. The smallest absolute Gasteiger partial charge is 0.309 e. The predicted octanol–water partition coefficient (Wildman–Crippen LogP) is 5.74. The van der Waals surface area contributed by atoms with Crippen LogP contribution in [0.4, 0.5) is 0 Å². The van der Waals surface area contributed by atoms with Gasteiger partial charge in [0.05, 0.1) is 13.0 Å². The summed E-state index contributed by atoms with van der Waals surface area (Å²) in [7, 11) is 1.49. The summed E-state index contributed by atoms with van der Waals surface area (Å²) in [6.07, 6.45) is 6.07. The van der Waals surface area contributed by atoms with Crippen molar-refractivity contribution in [1.82, 2.24) is 0 Å². The van der Waals surface area contributed by atoms with E-state index < -0.39 is 0 Å². The Balaban J connectivity index is 1.96. The monoisotopic (exact) mass is 383 g/mol. The molecule has 4 unspecified atom stereocenters. The zero-order valence-electron chi connectivity index (χ0n) is 18.0. The van der Waals surface area contributed by atoms with E-state index in [9.17, 15) is 4.79 Å². The molecule has 0 bridgehead atoms. The molecule has 28 heavy (non-hydrogen) atoms. The zero-order valence-corrected chi connectivity index (χ0v) is 18.0. The molecule has 4 atom stereocenters. The van der Waals surface area contributed by atoms with Crippen molar-refractivity contribution < 1.29 is 9.53 Å². The quantitative estimate of drug-likeness (QED) is 0.503. The van der Waals surface area contributed by atoms with Crippen molar-refractivity contribution in [2.24, 2.45) is 23.5 Å². The van der Waals surface area contributed by atoms with Gasteiger partial charge < -0.3 is 10.5 Å². The van der Waals surface area contributed by atoms with Crippen molar-refractivity contribution in [3.63, 3.8) is 0 Å². The van der Waals surface area contributed by atoms with Gasteiger partial charge in [0.15, 0.2) is 0 Å². The standard InChI is InChI=1S/C25H37NO2/c1-5-18(2)15-23(26)12-8-9-19(3)24(25(27)28-4)17-20-13-14-21-10-6-7-11-22(21)16-20/h6-7,10-11,13-14,16,18-19,23-24H,5,8-9,12,15,17,26H2,1-4H3. The fourth-order valence-electron chi connectivity index (χ4n) is 3.99. The Hall–Kier alpha value is -1.87. The minimum atomic E-state index is -0.114. The van der Waals surface area contributed by atoms with E-state index in [4.69, 9.17) is 10.5 Å². The lowest BCUT2D eigenvalue weighted by Gasteiger charge is -2.23. The van der Waals surface area contributed by atoms with Gasteiger partial charge in [0, 0.05) is 6.04 Å². The Morgan fingerprint density at radius 3 is 2.46 bits per heavy atom. The summed E-state index contributed by atoms with van der Waals surface area (Å²) in [6, 6.07) is 15.1. The van der Waals surface area contributed by atoms with Gasteiger partial charge in [-0.3, -0.25) is 4.79 Å². The van der Waals surface area contributed by atoms with Crippen LogP contribution in [0.3, 0.4) is 0 Å². The lowest BCUT2D eigenvalue weighted by atomic mass is 9.83. The second-order valence-corrected chi connectivity index (χ2v) is 8.43. The predicted molar refractivity (Wildman–Crippen MR) is 118 cm³/mol. The highest BCUT2D eigenvalue weighted by Gasteiger charge is 2.26. The van der Waals surface area contributed by atoms with E-state index in [-0.39, 0.29) is 23.8 Å². The Kier molecular flexibility index (Phi) is 8.98. The van der Waals surface area contributed by atoms with Crippen molar-refractivity contribution in [2.75, 3.05) is 7.11 Å². The first-order valence-electron chi connectivity index (χ1n) is 10.8. The second kappa shape index (κ2) is 11.2. The minimum Gasteiger partial charge on any atom is -0.469 e. The maximum absolute atomic E-state index is 12.5. The zero-order chi connectivity index (χ0) is 20.5. The molecule has 0 aliphatic rings. The topological polar surface area (TPSA) is 52.3 Å². The summed E-state index contributed by atoms with van der Waals surface area (Å²) in [5.41, 5.74) is 7.47. The third-order valence-corrected chi connectivity index (χ3v) is 6.10. The maximum atomic E-state index is 12.5. The van der Waals surface area contributed by atoms with E-state index >= 15 is 0 Å². The lowest BCUT2D eigenvalue weighted by Crippen LogP contribution is -2.27. The molecule has 2 rings (SSSR count). The summed E-state index contributed by atoms with van der Waals surface area (Å²) in [5, 5.41) is 2.44. The van der Waals surface area contributed by atoms with Crippen LogP contribution in [0, 0.1) is 17.8 Å². The van der Waals surface area contributed by atoms with Gasteiger partial charge in [-0.2, -0.15) is 0 Å². The lowest BCUT2D eigenvalue weighted by molar-refractivity contribution is -0.147. The summed E-state index contributed by atoms with van der Waals surface area (Å²) in [5.74, 6) is 0.736. The molecule has 2 N–H and O–H groups in total. The first kappa shape index (κ1) is 22.4. The van der Waals surface area contributed by atoms with Crippen LogP contribution in [0.25, 0.3) is 10.8 Å². The molecule has 0 aliphatic carbocycles. The van der Waals surface area contributed by atoms with Crippen LogP contribution in [0.2, 0.25) is 0 Å². The van der Waals surface area contributed by atoms with E-state index in [0.717, 1.165) is 32.1 Å². The number of esters is 1. The van der Waals surface area contributed by atoms with Gasteiger partial charge in [-0.1, -0.05) is 76.1 Å². The number of benzene rings is 2. The Labute approximate surface area is 170 Å². The molecule has 0 radical (unpaired) electrons. The molecule has 0 amide bonds. The molecule has 0 fully saturated rings. The fraction of sp³-hybridized carbons (Fsp3) is 0.560. The van der Waals surface area contributed by atoms with Gasteiger partial charge >= 0.3 is 5.97 Å². The van der Waals surface area contributed by atoms with Crippen LogP contribution in [0.5, 0.6) is 0 Å². The third kappa shape index (κ3) is 6.63. The van der Waals surface area contributed by atoms with Gasteiger partial charge in [0.1, 0.15) is 0 Å². The molecular formula is C25H37NO2. The highest BCUT2D eigenvalue weighted by molar-refractivity contribution is 5.83. The van der Waals surface area contributed by atoms with Crippen molar-refractivity contribution in [2.45, 2.75) is 65.3 Å². The van der Waals surface area contributed by atoms with E-state index in [1.165, 1.54) is 29.9 Å². The van der Waals surface area contributed by atoms with Crippen LogP contribution in [-0.4, -0.2) is 19.1 Å². The molecule has 0 aliphatic heterocycles. The second-order valence-electron chi connectivity index (χ2n) is 8.43. The molecule has 0 spiro atoms. The summed E-state index contributed by atoms with van der Waals surface area (Å²) >= 11 is 0. The van der Waals surface area contributed by atoms with Crippen molar-refractivity contribution in [1.29, 1.82) is 0 Å². The van der Waals surface area contributed by atoms with E-state index in [1.54, 1.807) is 0 Å². The Morgan fingerprint density at radius 2 is 1.79 bits per heavy atom. The van der Waals surface area contributed by atoms with Crippen LogP contribution in [0.15, 0.2) is 42.5 Å². The molecule has 2 aromatic carbocycles. The van der Waals surface area contributed by atoms with Gasteiger partial charge in [-0.25, -0.2) is 0 Å². The number of carbonyl (C=O) groups is 1. The Bertz CT molecular complexity index is 742. The highest BCUT2D eigenvalue weighted by atomic mass is 16.5. The third-order valence-electron chi connectivity index (χ3n) is 6.10. The van der Waals surface area contributed by atoms with E-state index in [0.29, 0.717) is 5.92 Å². The van der Waals surface area contributed by atoms with Crippen LogP contribution in [0.1, 0.15) is 58.4 Å². The average Bonchev–Trinajstić information content (AvgIpc) is 2.71. The van der Waals surface area contributed by atoms with Crippen molar-refractivity contribution >= 4 is 16.7 Å². The van der Waals surface area contributed by atoms with E-state index in [1.807, 2.05) is 6.07 Å². The van der Waals surface area contributed by atoms with Gasteiger partial charge in [0.25, 0.3) is 0 Å². The largest absolute Gasteiger partial charge is 0.469 e. The first-order chi connectivity index (χ1) is 13.4. The number of methoxy groups -OCH3 is 1. The van der Waals surface area contributed by atoms with Gasteiger partial charge in [0.2, 0.25) is 0 Å². The first-order valence-corrected chi connectivity index (χ1v) is 10.8. The average molecular weight is 384 g/mol. The number of nitrogens with two attached hydrogens (primary N) is 1. The normalized spacial score (nSPS) is 15.8.